The van der Waals surface area contributed by atoms with Crippen LogP contribution in [0, 0.1) is 0 Å². The van der Waals surface area contributed by atoms with E-state index in [1.807, 2.05) is 4.08 Å². The van der Waals surface area contributed by atoms with Crippen LogP contribution in [0.15, 0.2) is 9.66 Å². The van der Waals surface area contributed by atoms with E-state index in [1.165, 1.54) is 0 Å². The van der Waals surface area contributed by atoms with Gasteiger partial charge in [0, 0.05) is 0 Å². The van der Waals surface area contributed by atoms with Crippen LogP contribution < -0.4 is 0 Å². The van der Waals surface area contributed by atoms with Gasteiger partial charge < -0.3 is 13.8 Å². The number of halogens is 1. The van der Waals surface area contributed by atoms with E-state index < -0.39 is 18.7 Å². The Hall–Kier alpha value is 0.0900. The zero-order valence-electron chi connectivity index (χ0n) is 12.2. The minimum atomic E-state index is -3.60. The van der Waals surface area contributed by atoms with Crippen LogP contribution in [0.25, 0.3) is 0 Å². The van der Waals surface area contributed by atoms with Crippen LogP contribution in [0.2, 0.25) is 0 Å². The van der Waals surface area contributed by atoms with Gasteiger partial charge in [0.05, 0.1) is 19.8 Å². The molecule has 0 aromatic rings. The Bertz CT molecular complexity index is 413. The number of hydrogen-bond donors (Lipinski definition) is 0. The number of esters is 1. The van der Waals surface area contributed by atoms with Gasteiger partial charge in [0.2, 0.25) is 0 Å². The summed E-state index contributed by atoms with van der Waals surface area (Å²) in [6.45, 7) is 5.92. The van der Waals surface area contributed by atoms with Crippen molar-refractivity contribution in [3.05, 3.63) is 9.66 Å². The Morgan fingerprint density at radius 3 is 2.35 bits per heavy atom. The maximum absolute atomic E-state index is 13.2. The number of carbonyl (C=O) groups is 1. The molecule has 1 aliphatic rings. The highest BCUT2D eigenvalue weighted by atomic mass is 127. The Morgan fingerprint density at radius 2 is 1.90 bits per heavy atom. The predicted molar refractivity (Wildman–Crippen MR) is 86.2 cm³/mol. The molecule has 1 unspecified atom stereocenters. The molecule has 20 heavy (non-hydrogen) atoms. The predicted octanol–water partition coefficient (Wildman–Crippen LogP) is 4.06. The Kier molecular flexibility index (Phi) is 7.18. The van der Waals surface area contributed by atoms with Crippen molar-refractivity contribution in [2.75, 3.05) is 19.8 Å². The molecule has 1 fully saturated rings. The molecule has 0 bridgehead atoms. The molecule has 0 aromatic carbocycles. The molecule has 0 spiro atoms. The molecule has 1 aliphatic carbocycles. The first-order valence-electron chi connectivity index (χ1n) is 6.88. The smallest absolute Gasteiger partial charge is 0.352 e. The van der Waals surface area contributed by atoms with Crippen LogP contribution in [-0.4, -0.2) is 30.9 Å². The van der Waals surface area contributed by atoms with Crippen molar-refractivity contribution in [1.82, 2.24) is 0 Å². The second-order valence-corrected chi connectivity index (χ2v) is 7.30. The maximum atomic E-state index is 13.2. The van der Waals surface area contributed by atoms with E-state index in [4.69, 9.17) is 13.8 Å². The van der Waals surface area contributed by atoms with Crippen molar-refractivity contribution < 1.29 is 23.1 Å². The van der Waals surface area contributed by atoms with Gasteiger partial charge >= 0.3 is 13.6 Å². The van der Waals surface area contributed by atoms with E-state index in [1.54, 1.807) is 20.8 Å². The van der Waals surface area contributed by atoms with Gasteiger partial charge in [-0.15, -0.1) is 0 Å². The average Bonchev–Trinajstić information content (AvgIpc) is 2.84. The summed E-state index contributed by atoms with van der Waals surface area (Å²) < 4.78 is 31.1. The third-order valence-electron chi connectivity index (χ3n) is 3.33. The Balaban J connectivity index is 3.35. The summed E-state index contributed by atoms with van der Waals surface area (Å²) in [4.78, 5) is 12.5. The quantitative estimate of drug-likeness (QED) is 0.356. The summed E-state index contributed by atoms with van der Waals surface area (Å²) in [7, 11) is -3.60. The maximum Gasteiger partial charge on any atom is 0.352 e. The molecule has 0 aliphatic heterocycles. The van der Waals surface area contributed by atoms with Crippen LogP contribution in [0.3, 0.4) is 0 Å². The highest BCUT2D eigenvalue weighted by Crippen LogP contribution is 2.68. The average molecular weight is 416 g/mol. The van der Waals surface area contributed by atoms with Gasteiger partial charge in [0.25, 0.3) is 0 Å². The molecule has 7 heteroatoms. The molecule has 0 amide bonds. The summed E-state index contributed by atoms with van der Waals surface area (Å²) in [5, 5.41) is -1.27. The molecule has 0 radical (unpaired) electrons. The lowest BCUT2D eigenvalue weighted by atomic mass is 10.0. The number of rotatable bonds is 7. The minimum absolute atomic E-state index is 0.229. The van der Waals surface area contributed by atoms with E-state index in [0.29, 0.717) is 12.8 Å². The third-order valence-corrected chi connectivity index (χ3v) is 6.90. The van der Waals surface area contributed by atoms with Gasteiger partial charge in [-0.3, -0.25) is 9.36 Å². The van der Waals surface area contributed by atoms with E-state index in [-0.39, 0.29) is 19.8 Å². The van der Waals surface area contributed by atoms with Gasteiger partial charge in [0.15, 0.2) is 5.16 Å². The summed E-state index contributed by atoms with van der Waals surface area (Å²) in [6.07, 6.45) is 1.93. The largest absolute Gasteiger partial charge is 0.465 e. The molecule has 0 saturated heterocycles. The Morgan fingerprint density at radius 1 is 1.30 bits per heavy atom. The second-order valence-electron chi connectivity index (χ2n) is 4.40. The van der Waals surface area contributed by atoms with Gasteiger partial charge in [-0.2, -0.15) is 0 Å². The first kappa shape index (κ1) is 18.1. The van der Waals surface area contributed by atoms with Crippen molar-refractivity contribution in [1.29, 1.82) is 0 Å². The lowest BCUT2D eigenvalue weighted by Gasteiger charge is -2.34. The minimum Gasteiger partial charge on any atom is -0.465 e. The van der Waals surface area contributed by atoms with E-state index >= 15 is 0 Å². The van der Waals surface area contributed by atoms with Crippen LogP contribution in [0.1, 0.15) is 40.0 Å². The molecule has 0 heterocycles. The first-order valence-corrected chi connectivity index (χ1v) is 9.67. The van der Waals surface area contributed by atoms with Crippen molar-refractivity contribution in [2.24, 2.45) is 0 Å². The van der Waals surface area contributed by atoms with Gasteiger partial charge in [-0.1, -0.05) is 22.6 Å². The van der Waals surface area contributed by atoms with Crippen LogP contribution in [0.5, 0.6) is 0 Å². The fourth-order valence-electron chi connectivity index (χ4n) is 2.55. The fraction of sp³-hybridized carbons (Fsp3) is 0.769. The molecule has 1 atom stereocenters. The van der Waals surface area contributed by atoms with E-state index in [0.717, 1.165) is 12.0 Å². The molecule has 0 aromatic heterocycles. The van der Waals surface area contributed by atoms with E-state index in [2.05, 4.69) is 22.6 Å². The second kappa shape index (κ2) is 7.92. The highest BCUT2D eigenvalue weighted by molar-refractivity contribution is 14.1. The highest BCUT2D eigenvalue weighted by Gasteiger charge is 2.62. The molecule has 1 saturated carbocycles. The van der Waals surface area contributed by atoms with Crippen LogP contribution in [0.4, 0.5) is 0 Å². The molecular weight excluding hydrogens is 394 g/mol. The fourth-order valence-corrected chi connectivity index (χ4v) is 6.09. The summed E-state index contributed by atoms with van der Waals surface area (Å²) in [6, 6.07) is 0. The molecule has 0 N–H and O–H groups in total. The normalized spacial score (nSPS) is 25.1. The van der Waals surface area contributed by atoms with E-state index in [9.17, 15) is 9.36 Å². The van der Waals surface area contributed by atoms with Crippen molar-refractivity contribution in [3.63, 3.8) is 0 Å². The molecular formula is C13H22IO5P. The van der Waals surface area contributed by atoms with Crippen molar-refractivity contribution in [3.8, 4) is 0 Å². The Labute approximate surface area is 134 Å². The molecule has 1 rings (SSSR count). The number of ether oxygens (including phenoxy) is 1. The SMILES string of the molecule is CCOC(=O)C1(P(=O)(OCC)OCC)CCC/C1=C/I. The van der Waals surface area contributed by atoms with Crippen LogP contribution in [-0.2, 0) is 23.1 Å². The van der Waals surface area contributed by atoms with Crippen LogP contribution >= 0.6 is 30.2 Å². The zero-order chi connectivity index (χ0) is 15.2. The zero-order valence-corrected chi connectivity index (χ0v) is 15.2. The summed E-state index contributed by atoms with van der Waals surface area (Å²) in [5.41, 5.74) is 0.793. The first-order chi connectivity index (χ1) is 9.52. The summed E-state index contributed by atoms with van der Waals surface area (Å²) >= 11 is 2.07. The number of hydrogen-bond acceptors (Lipinski definition) is 5. The monoisotopic (exact) mass is 416 g/mol. The lowest BCUT2D eigenvalue weighted by Crippen LogP contribution is -2.40. The third kappa shape index (κ3) is 3.13. The van der Waals surface area contributed by atoms with Gasteiger partial charge in [0.1, 0.15) is 0 Å². The standard InChI is InChI=1S/C13H22IO5P/c1-4-17-12(15)13(9-7-8-11(13)10-14)20(16,18-5-2)19-6-3/h10H,4-9H2,1-3H3/b11-10-. The topological polar surface area (TPSA) is 61.8 Å². The lowest BCUT2D eigenvalue weighted by molar-refractivity contribution is -0.145. The van der Waals surface area contributed by atoms with Gasteiger partial charge in [-0.05, 0) is 49.7 Å². The van der Waals surface area contributed by atoms with Crippen molar-refractivity contribution >= 4 is 36.2 Å². The number of carbonyl (C=O) groups excluding carboxylic acids is 1. The van der Waals surface area contributed by atoms with Crippen molar-refractivity contribution in [2.45, 2.75) is 45.2 Å². The molecule has 5 nitrogen and oxygen atoms in total. The van der Waals surface area contributed by atoms with Gasteiger partial charge in [-0.25, -0.2) is 0 Å². The molecule has 116 valence electrons. The summed E-state index contributed by atoms with van der Waals surface area (Å²) in [5.74, 6) is -0.495.